The Balaban J connectivity index is 1.15. The van der Waals surface area contributed by atoms with Crippen molar-refractivity contribution in [1.29, 1.82) is 0 Å². The van der Waals surface area contributed by atoms with Gasteiger partial charge in [0.1, 0.15) is 171 Å². The van der Waals surface area contributed by atoms with Crippen LogP contribution >= 0.6 is 0 Å². The molecular weight excluding hydrogens is 1160 g/mol. The van der Waals surface area contributed by atoms with Gasteiger partial charge in [0.05, 0.1) is 46.2 Å². The molecule has 0 unspecified atom stereocenters. The third-order valence-electron chi connectivity index (χ3n) is 15.3. The third-order valence-corrected chi connectivity index (χ3v) is 15.3. The summed E-state index contributed by atoms with van der Waals surface area (Å²) in [5, 5.41) is 231. The molecule has 0 radical (unpaired) electrons. The van der Waals surface area contributed by atoms with Crippen LogP contribution in [0.2, 0.25) is 0 Å². The molecule has 23 N–H and O–H groups in total. The molecule has 0 saturated carbocycles. The van der Waals surface area contributed by atoms with Gasteiger partial charge in [0, 0.05) is 13.8 Å². The van der Waals surface area contributed by atoms with Crippen molar-refractivity contribution in [1.82, 2.24) is 10.6 Å². The van der Waals surface area contributed by atoms with E-state index in [4.69, 9.17) is 61.6 Å². The summed E-state index contributed by atoms with van der Waals surface area (Å²) in [6.45, 7) is -4.69. The number of ether oxygens (including phenoxy) is 13. The van der Waals surface area contributed by atoms with Gasteiger partial charge in [0.15, 0.2) is 44.0 Å². The zero-order chi connectivity index (χ0) is 61.9. The molecule has 488 valence electrons. The highest BCUT2D eigenvalue weighted by Gasteiger charge is 2.58. The quantitative estimate of drug-likeness (QED) is 0.0507. The first-order valence-corrected chi connectivity index (χ1v) is 26.6. The average Bonchev–Trinajstić information content (AvgIpc) is 1.75. The number of nitrogens with one attached hydrogen (secondary N) is 2. The van der Waals surface area contributed by atoms with Gasteiger partial charge in [-0.3, -0.25) is 9.59 Å². The minimum Gasteiger partial charge on any atom is -0.394 e. The van der Waals surface area contributed by atoms with Gasteiger partial charge in [0.2, 0.25) is 11.8 Å². The van der Waals surface area contributed by atoms with Crippen LogP contribution in [0.1, 0.15) is 13.8 Å². The summed E-state index contributed by atoms with van der Waals surface area (Å²) in [7, 11) is 0. The van der Waals surface area contributed by atoms with Crippen molar-refractivity contribution in [3.05, 3.63) is 0 Å². The van der Waals surface area contributed by atoms with Crippen molar-refractivity contribution < 1.29 is 178 Å². The first kappa shape index (κ1) is 69.1. The van der Waals surface area contributed by atoms with Crippen molar-refractivity contribution in [3.8, 4) is 0 Å². The number of carbonyl (C=O) groups excluding carboxylic acids is 2. The molecule has 7 aliphatic rings. The molecule has 7 heterocycles. The number of carbonyl (C=O) groups is 2. The van der Waals surface area contributed by atoms with Crippen LogP contribution in [0.4, 0.5) is 0 Å². The van der Waals surface area contributed by atoms with Crippen molar-refractivity contribution in [3.63, 3.8) is 0 Å². The highest BCUT2D eigenvalue weighted by Crippen LogP contribution is 2.37. The van der Waals surface area contributed by atoms with E-state index in [0.29, 0.717) is 0 Å². The Morgan fingerprint density at radius 1 is 0.310 bits per heavy atom. The van der Waals surface area contributed by atoms with Gasteiger partial charge in [-0.25, -0.2) is 0 Å². The van der Waals surface area contributed by atoms with E-state index in [1.54, 1.807) is 0 Å². The molecule has 0 spiro atoms. The molecule has 7 saturated heterocycles. The Morgan fingerprint density at radius 2 is 0.607 bits per heavy atom. The SMILES string of the molecule is CC(=O)N[C@@H]1[C@@H](O)[C@H](O[C@@H]2O[C@H](CO)[C@@H](O[C@@H]3O[C@H](CO[C@H]4O[C@H](CO[C@H]5O[C@H](CO)[C@@H](O)[C@H](O)[C@@H]5O)[C@@H](O)[C@H](O)[C@@H]4O)[C@@H](O)[C@H](O[C@H]4O[C@H](CO)[C@@H](O)[C@H](O[C@H]5O[C@H](CO)[C@@H](O)[C@H](O)[C@@H]5O)[C@@H]4O)[C@@H]3O)[C@H](O)[C@H]2NC(C)=O)[C@@H](CO)O[C@H]1O. The van der Waals surface area contributed by atoms with Gasteiger partial charge in [-0.2, -0.15) is 0 Å². The molecular formula is C46H78N2O36. The van der Waals surface area contributed by atoms with Crippen LogP contribution in [-0.4, -0.2) is 380 Å². The molecule has 0 aliphatic carbocycles. The number of rotatable bonds is 21. The molecule has 2 amide bonds. The smallest absolute Gasteiger partial charge is 0.217 e. The van der Waals surface area contributed by atoms with Crippen LogP contribution < -0.4 is 10.6 Å². The molecule has 0 aromatic rings. The van der Waals surface area contributed by atoms with Gasteiger partial charge in [-0.1, -0.05) is 0 Å². The van der Waals surface area contributed by atoms with Crippen LogP contribution in [0.25, 0.3) is 0 Å². The van der Waals surface area contributed by atoms with Gasteiger partial charge in [0.25, 0.3) is 0 Å². The van der Waals surface area contributed by atoms with Crippen LogP contribution in [0.15, 0.2) is 0 Å². The third kappa shape index (κ3) is 14.9. The molecule has 0 aromatic heterocycles. The normalized spacial score (nSPS) is 50.3. The summed E-state index contributed by atoms with van der Waals surface area (Å²) in [4.78, 5) is 24.6. The Labute approximate surface area is 475 Å². The van der Waals surface area contributed by atoms with Crippen molar-refractivity contribution >= 4 is 11.8 Å². The summed E-state index contributed by atoms with van der Waals surface area (Å²) in [6.07, 6.45) is -64.8. The fraction of sp³-hybridized carbons (Fsp3) is 0.957. The van der Waals surface area contributed by atoms with E-state index >= 15 is 0 Å². The lowest BCUT2D eigenvalue weighted by Gasteiger charge is -2.50. The topological polar surface area (TPSA) is 603 Å². The minimum absolute atomic E-state index is 0.740. The summed E-state index contributed by atoms with van der Waals surface area (Å²) in [6, 6.07) is -3.38. The Kier molecular flexibility index (Phi) is 24.6. The largest absolute Gasteiger partial charge is 0.394 e. The number of hydrogen-bond acceptors (Lipinski definition) is 36. The molecule has 38 heteroatoms. The van der Waals surface area contributed by atoms with Crippen LogP contribution in [-0.2, 0) is 71.2 Å². The predicted molar refractivity (Wildman–Crippen MR) is 255 cm³/mol. The lowest BCUT2D eigenvalue weighted by molar-refractivity contribution is -0.392. The lowest BCUT2D eigenvalue weighted by Crippen LogP contribution is -2.70. The second-order valence-corrected chi connectivity index (χ2v) is 21.1. The summed E-state index contributed by atoms with van der Waals surface area (Å²) < 4.78 is 74.0. The molecule has 0 bridgehead atoms. The van der Waals surface area contributed by atoms with Crippen LogP contribution in [0.5, 0.6) is 0 Å². The van der Waals surface area contributed by atoms with Gasteiger partial charge in [-0.15, -0.1) is 0 Å². The number of hydrogen-bond donors (Lipinski definition) is 23. The predicted octanol–water partition coefficient (Wildman–Crippen LogP) is -16.0. The molecule has 7 rings (SSSR count). The van der Waals surface area contributed by atoms with E-state index in [9.17, 15) is 117 Å². The maximum absolute atomic E-state index is 12.7. The van der Waals surface area contributed by atoms with Crippen molar-refractivity contribution in [2.75, 3.05) is 46.2 Å². The number of amides is 2. The Hall–Kier alpha value is -2.42. The Morgan fingerprint density at radius 3 is 1.06 bits per heavy atom. The molecule has 7 aliphatic heterocycles. The summed E-state index contributed by atoms with van der Waals surface area (Å²) in [5.74, 6) is -1.61. The Bertz CT molecular complexity index is 2060. The highest BCUT2D eigenvalue weighted by molar-refractivity contribution is 5.73. The zero-order valence-corrected chi connectivity index (χ0v) is 44.7. The van der Waals surface area contributed by atoms with E-state index in [1.165, 1.54) is 0 Å². The number of aliphatic hydroxyl groups is 21. The fourth-order valence-corrected chi connectivity index (χ4v) is 10.6. The molecule has 7 fully saturated rings. The minimum atomic E-state index is -2.38. The maximum atomic E-state index is 12.7. The molecule has 84 heavy (non-hydrogen) atoms. The second kappa shape index (κ2) is 29.9. The van der Waals surface area contributed by atoms with Gasteiger partial charge in [-0.05, 0) is 0 Å². The lowest BCUT2D eigenvalue weighted by atomic mass is 9.94. The first-order chi connectivity index (χ1) is 39.7. The van der Waals surface area contributed by atoms with Gasteiger partial charge >= 0.3 is 0 Å². The molecule has 38 nitrogen and oxygen atoms in total. The van der Waals surface area contributed by atoms with E-state index < -0.39 is 273 Å². The monoisotopic (exact) mass is 1230 g/mol. The van der Waals surface area contributed by atoms with E-state index in [2.05, 4.69) is 10.6 Å². The standard InChI is InChI=1S/C46H78N2O36/c1-10(54)47-19-26(61)36(15(6-52)74-40(19)71)81-41-20(48-11(2)55)27(62)37(16(7-53)78-41)82-46-35(70)39(84-45-34(69)38(24(59)14(5-51)77-45)83-44-33(68)29(64)22(57)13(4-50)76-44)25(60)18(80-46)9-73-43-32(67)30(65)23(58)17(79-43)8-72-42-31(66)28(63)21(56)12(3-49)75-42/h12-46,49-53,56-71H,3-9H2,1-2H3,(H,47,54)(H,48,55)/t12-,13-,14-,15-,16-,17-,18-,19-,20-,21-,22-,23-,24-,25-,26-,27-,28+,29+,30+,31+,32+,33+,34+,35+,36-,37-,38+,39+,40-,41+,42+,43+,44-,45-,46+/m1/s1. The second-order valence-electron chi connectivity index (χ2n) is 21.1. The first-order valence-electron chi connectivity index (χ1n) is 26.6. The maximum Gasteiger partial charge on any atom is 0.217 e. The number of aliphatic hydroxyl groups excluding tert-OH is 21. The molecule has 35 atom stereocenters. The van der Waals surface area contributed by atoms with Crippen LogP contribution in [0.3, 0.4) is 0 Å². The van der Waals surface area contributed by atoms with E-state index in [1.807, 2.05) is 0 Å². The van der Waals surface area contributed by atoms with Crippen molar-refractivity contribution in [2.45, 2.75) is 229 Å². The zero-order valence-electron chi connectivity index (χ0n) is 44.7. The highest BCUT2D eigenvalue weighted by atomic mass is 16.8. The van der Waals surface area contributed by atoms with Crippen molar-refractivity contribution in [2.24, 2.45) is 0 Å². The summed E-state index contributed by atoms with van der Waals surface area (Å²) in [5.41, 5.74) is 0. The fourth-order valence-electron chi connectivity index (χ4n) is 10.6. The van der Waals surface area contributed by atoms with Gasteiger partial charge < -0.3 is 179 Å². The van der Waals surface area contributed by atoms with Crippen LogP contribution in [0, 0.1) is 0 Å². The molecule has 0 aromatic carbocycles. The summed E-state index contributed by atoms with van der Waals surface area (Å²) >= 11 is 0. The van der Waals surface area contributed by atoms with E-state index in [0.717, 1.165) is 13.8 Å². The van der Waals surface area contributed by atoms with E-state index in [-0.39, 0.29) is 0 Å². The average molecular weight is 1240 g/mol.